The van der Waals surface area contributed by atoms with Gasteiger partial charge in [0.05, 0.1) is 5.57 Å². The Hall–Kier alpha value is -1.31. The summed E-state index contributed by atoms with van der Waals surface area (Å²) >= 11 is 0. The molecule has 0 radical (unpaired) electrons. The predicted octanol–water partition coefficient (Wildman–Crippen LogP) is 1.17. The maximum absolute atomic E-state index is 10.6. The van der Waals surface area contributed by atoms with Crippen LogP contribution in [0.5, 0.6) is 0 Å². The summed E-state index contributed by atoms with van der Waals surface area (Å²) < 4.78 is 4.57. The van der Waals surface area contributed by atoms with Crippen molar-refractivity contribution < 1.29 is 9.53 Å². The number of rotatable bonds is 1. The molecule has 9 heavy (non-hydrogen) atoms. The Kier molecular flexibility index (Phi) is 1.23. The summed E-state index contributed by atoms with van der Waals surface area (Å²) in [6.45, 7) is 6.85. The van der Waals surface area contributed by atoms with Crippen molar-refractivity contribution in [3.63, 3.8) is 0 Å². The van der Waals surface area contributed by atoms with Crippen LogP contribution in [0.2, 0.25) is 0 Å². The molecule has 1 aliphatic heterocycles. The fourth-order valence-corrected chi connectivity index (χ4v) is 0.582. The molecule has 1 aliphatic rings. The van der Waals surface area contributed by atoms with E-state index < -0.39 is 0 Å². The van der Waals surface area contributed by atoms with Gasteiger partial charge in [0.2, 0.25) is 0 Å². The Morgan fingerprint density at radius 2 is 2.33 bits per heavy atom. The first-order chi connectivity index (χ1) is 4.24. The number of ether oxygens (including phenoxy) is 1. The van der Waals surface area contributed by atoms with Gasteiger partial charge in [-0.1, -0.05) is 19.2 Å². The van der Waals surface area contributed by atoms with Crippen LogP contribution in [0.15, 0.2) is 36.6 Å². The Morgan fingerprint density at radius 1 is 1.67 bits per heavy atom. The third-order valence-corrected chi connectivity index (χ3v) is 0.996. The summed E-state index contributed by atoms with van der Waals surface area (Å²) in [5, 5.41) is 0. The van der Waals surface area contributed by atoms with Gasteiger partial charge in [0.15, 0.2) is 0 Å². The number of cyclic esters (lactones) is 1. The van der Waals surface area contributed by atoms with Gasteiger partial charge in [0, 0.05) is 0 Å². The topological polar surface area (TPSA) is 26.3 Å². The van der Waals surface area contributed by atoms with E-state index in [0.717, 1.165) is 0 Å². The lowest BCUT2D eigenvalue weighted by Crippen LogP contribution is -1.94. The second-order valence-electron chi connectivity index (χ2n) is 1.66. The van der Waals surface area contributed by atoms with Gasteiger partial charge in [-0.05, 0) is 6.08 Å². The molecule has 0 aromatic carbocycles. The van der Waals surface area contributed by atoms with Crippen LogP contribution in [-0.4, -0.2) is 5.97 Å². The Labute approximate surface area is 53.1 Å². The molecular weight excluding hydrogens is 116 g/mol. The fraction of sp³-hybridized carbons (Fsp3) is 0. The minimum Gasteiger partial charge on any atom is -0.424 e. The van der Waals surface area contributed by atoms with Crippen LogP contribution in [0.25, 0.3) is 0 Å². The van der Waals surface area contributed by atoms with E-state index >= 15 is 0 Å². The molecule has 0 aromatic heterocycles. The molecule has 1 rings (SSSR count). The minimum atomic E-state index is -0.366. The molecule has 1 heterocycles. The number of hydrogen-bond acceptors (Lipinski definition) is 2. The van der Waals surface area contributed by atoms with Gasteiger partial charge in [0.1, 0.15) is 5.76 Å². The lowest BCUT2D eigenvalue weighted by Gasteiger charge is -1.88. The van der Waals surface area contributed by atoms with Crippen LogP contribution in [0.4, 0.5) is 0 Å². The predicted molar refractivity (Wildman–Crippen MR) is 33.5 cm³/mol. The van der Waals surface area contributed by atoms with Gasteiger partial charge in [0.25, 0.3) is 0 Å². The molecule has 0 atom stereocenters. The summed E-state index contributed by atoms with van der Waals surface area (Å²) in [4.78, 5) is 10.6. The van der Waals surface area contributed by atoms with Crippen molar-refractivity contribution >= 4 is 5.97 Å². The monoisotopic (exact) mass is 122 g/mol. The van der Waals surface area contributed by atoms with E-state index in [4.69, 9.17) is 0 Å². The van der Waals surface area contributed by atoms with Crippen LogP contribution in [0.1, 0.15) is 0 Å². The van der Waals surface area contributed by atoms with Crippen molar-refractivity contribution in [1.29, 1.82) is 0 Å². The average molecular weight is 122 g/mol. The van der Waals surface area contributed by atoms with Crippen molar-refractivity contribution in [2.45, 2.75) is 0 Å². The fourth-order valence-electron chi connectivity index (χ4n) is 0.582. The molecule has 0 bridgehead atoms. The van der Waals surface area contributed by atoms with Gasteiger partial charge in [-0.15, -0.1) is 0 Å². The number of carbonyl (C=O) groups excluding carboxylic acids is 1. The lowest BCUT2D eigenvalue weighted by molar-refractivity contribution is -0.132. The molecule has 0 saturated carbocycles. The average Bonchev–Trinajstić information content (AvgIpc) is 2.10. The van der Waals surface area contributed by atoms with E-state index in [1.165, 1.54) is 6.08 Å². The maximum Gasteiger partial charge on any atom is 0.343 e. The molecular formula is C7H6O2. The molecule has 0 fully saturated rings. The van der Waals surface area contributed by atoms with Gasteiger partial charge in [-0.25, -0.2) is 4.79 Å². The molecule has 0 amide bonds. The van der Waals surface area contributed by atoms with Crippen molar-refractivity contribution in [1.82, 2.24) is 0 Å². The first-order valence-corrected chi connectivity index (χ1v) is 2.49. The highest BCUT2D eigenvalue weighted by atomic mass is 16.5. The third kappa shape index (κ3) is 0.914. The number of esters is 1. The highest BCUT2D eigenvalue weighted by Gasteiger charge is 2.15. The largest absolute Gasteiger partial charge is 0.424 e. The molecule has 0 aromatic rings. The summed E-state index contributed by atoms with van der Waals surface area (Å²) in [7, 11) is 0. The van der Waals surface area contributed by atoms with E-state index in [1.807, 2.05) is 0 Å². The van der Waals surface area contributed by atoms with Crippen LogP contribution >= 0.6 is 0 Å². The highest BCUT2D eigenvalue weighted by Crippen LogP contribution is 2.14. The molecule has 2 nitrogen and oxygen atoms in total. The van der Waals surface area contributed by atoms with Gasteiger partial charge >= 0.3 is 5.97 Å². The quantitative estimate of drug-likeness (QED) is 0.488. The second-order valence-corrected chi connectivity index (χ2v) is 1.66. The molecule has 0 spiro atoms. The molecule has 2 heteroatoms. The molecule has 0 unspecified atom stereocenters. The van der Waals surface area contributed by atoms with Crippen molar-refractivity contribution in [3.05, 3.63) is 36.6 Å². The SMILES string of the molecule is C=CC1=CC(=C)OC1=O. The summed E-state index contributed by atoms with van der Waals surface area (Å²) in [5.74, 6) is 0.0184. The molecule has 0 N–H and O–H groups in total. The first-order valence-electron chi connectivity index (χ1n) is 2.49. The van der Waals surface area contributed by atoms with Crippen LogP contribution in [0.3, 0.4) is 0 Å². The van der Waals surface area contributed by atoms with E-state index in [-0.39, 0.29) is 5.97 Å². The van der Waals surface area contributed by atoms with E-state index in [2.05, 4.69) is 17.9 Å². The smallest absolute Gasteiger partial charge is 0.343 e. The number of hydrogen-bond donors (Lipinski definition) is 0. The molecule has 46 valence electrons. The van der Waals surface area contributed by atoms with Crippen LogP contribution in [0, 0.1) is 0 Å². The zero-order chi connectivity index (χ0) is 6.85. The zero-order valence-electron chi connectivity index (χ0n) is 4.89. The lowest BCUT2D eigenvalue weighted by atomic mass is 10.3. The Morgan fingerprint density at radius 3 is 2.56 bits per heavy atom. The zero-order valence-corrected chi connectivity index (χ0v) is 4.89. The third-order valence-electron chi connectivity index (χ3n) is 0.996. The van der Waals surface area contributed by atoms with Crippen molar-refractivity contribution in [2.75, 3.05) is 0 Å². The van der Waals surface area contributed by atoms with E-state index in [9.17, 15) is 4.79 Å². The Balaban J connectivity index is 2.93. The van der Waals surface area contributed by atoms with Crippen molar-refractivity contribution in [3.8, 4) is 0 Å². The normalized spacial score (nSPS) is 17.1. The van der Waals surface area contributed by atoms with E-state index in [0.29, 0.717) is 11.3 Å². The summed E-state index contributed by atoms with van der Waals surface area (Å²) in [5.41, 5.74) is 0.472. The molecule has 0 aliphatic carbocycles. The number of carbonyl (C=O) groups is 1. The maximum atomic E-state index is 10.6. The van der Waals surface area contributed by atoms with Crippen LogP contribution in [-0.2, 0) is 9.53 Å². The highest BCUT2D eigenvalue weighted by molar-refractivity contribution is 5.95. The second kappa shape index (κ2) is 1.90. The molecule has 0 saturated heterocycles. The first kappa shape index (κ1) is 5.82. The van der Waals surface area contributed by atoms with E-state index in [1.54, 1.807) is 6.08 Å². The minimum absolute atomic E-state index is 0.366. The van der Waals surface area contributed by atoms with Gasteiger partial charge < -0.3 is 4.74 Å². The summed E-state index contributed by atoms with van der Waals surface area (Å²) in [6, 6.07) is 0. The standard InChI is InChI=1S/C7H6O2/c1-3-6-4-5(2)9-7(6)8/h3-4H,1-2H2. The van der Waals surface area contributed by atoms with Gasteiger partial charge in [-0.2, -0.15) is 0 Å². The number of allylic oxidation sites excluding steroid dienone is 1. The summed E-state index contributed by atoms with van der Waals surface area (Å²) in [6.07, 6.45) is 3.00. The van der Waals surface area contributed by atoms with Crippen LogP contribution < -0.4 is 0 Å². The van der Waals surface area contributed by atoms with Crippen molar-refractivity contribution in [2.24, 2.45) is 0 Å². The Bertz CT molecular complexity index is 211. The van der Waals surface area contributed by atoms with Gasteiger partial charge in [-0.3, -0.25) is 0 Å².